The Bertz CT molecular complexity index is 755. The monoisotopic (exact) mass is 306 g/mol. The fourth-order valence-corrected chi connectivity index (χ4v) is 1.86. The van der Waals surface area contributed by atoms with Gasteiger partial charge in [0, 0.05) is 23.5 Å². The predicted octanol–water partition coefficient (Wildman–Crippen LogP) is 2.07. The molecule has 1 aromatic heterocycles. The summed E-state index contributed by atoms with van der Waals surface area (Å²) >= 11 is 5.85. The summed E-state index contributed by atoms with van der Waals surface area (Å²) in [6, 6.07) is 5.56. The van der Waals surface area contributed by atoms with Gasteiger partial charge in [0.1, 0.15) is 5.56 Å². The number of aromatic nitrogens is 1. The molecule has 0 atom stereocenters. The molecule has 0 unspecified atom stereocenters. The van der Waals surface area contributed by atoms with Gasteiger partial charge < -0.3 is 15.0 Å². The van der Waals surface area contributed by atoms with Crippen LogP contribution in [0.2, 0.25) is 5.02 Å². The molecule has 2 aromatic rings. The minimum Gasteiger partial charge on any atom is -0.465 e. The molecule has 0 fully saturated rings. The minimum absolute atomic E-state index is 0.0757. The van der Waals surface area contributed by atoms with Crippen LogP contribution in [0.5, 0.6) is 0 Å². The van der Waals surface area contributed by atoms with Crippen LogP contribution < -0.4 is 10.7 Å². The number of nitrogens with one attached hydrogen (secondary N) is 2. The number of carbonyl (C=O) groups is 2. The van der Waals surface area contributed by atoms with Gasteiger partial charge in [-0.2, -0.15) is 0 Å². The Morgan fingerprint density at radius 1 is 1.24 bits per heavy atom. The molecule has 0 aliphatic heterocycles. The summed E-state index contributed by atoms with van der Waals surface area (Å²) in [6.07, 6.45) is 2.69. The van der Waals surface area contributed by atoms with Crippen LogP contribution in [0.15, 0.2) is 41.5 Å². The molecule has 6 nitrogen and oxygen atoms in total. The number of hydrogen-bond donors (Lipinski definition) is 2. The number of benzene rings is 1. The van der Waals surface area contributed by atoms with Gasteiger partial charge >= 0.3 is 5.97 Å². The highest BCUT2D eigenvalue weighted by molar-refractivity contribution is 6.31. The molecule has 0 spiro atoms. The van der Waals surface area contributed by atoms with Gasteiger partial charge in [0.25, 0.3) is 5.91 Å². The number of aromatic amines is 1. The van der Waals surface area contributed by atoms with Gasteiger partial charge in [0.05, 0.1) is 18.4 Å². The number of H-pyrrole nitrogens is 1. The zero-order valence-electron chi connectivity index (χ0n) is 11.0. The van der Waals surface area contributed by atoms with Crippen molar-refractivity contribution in [2.75, 3.05) is 12.4 Å². The summed E-state index contributed by atoms with van der Waals surface area (Å²) in [7, 11) is 1.23. The van der Waals surface area contributed by atoms with Crippen molar-refractivity contribution < 1.29 is 14.3 Å². The summed E-state index contributed by atoms with van der Waals surface area (Å²) in [6.45, 7) is 0. The molecule has 21 heavy (non-hydrogen) atoms. The number of pyridine rings is 1. The van der Waals surface area contributed by atoms with Gasteiger partial charge in [-0.3, -0.25) is 9.59 Å². The average molecular weight is 307 g/mol. The van der Waals surface area contributed by atoms with E-state index in [1.807, 2.05) is 0 Å². The van der Waals surface area contributed by atoms with Gasteiger partial charge in [-0.1, -0.05) is 11.6 Å². The number of carbonyl (C=O) groups excluding carboxylic acids is 2. The maximum Gasteiger partial charge on any atom is 0.339 e. The first-order valence-electron chi connectivity index (χ1n) is 5.89. The normalized spacial score (nSPS) is 10.0. The average Bonchev–Trinajstić information content (AvgIpc) is 2.47. The van der Waals surface area contributed by atoms with E-state index in [1.165, 1.54) is 43.8 Å². The third-order valence-corrected chi connectivity index (χ3v) is 2.94. The molecule has 108 valence electrons. The number of ether oxygens (including phenoxy) is 1. The van der Waals surface area contributed by atoms with Crippen LogP contribution in [0.25, 0.3) is 0 Å². The lowest BCUT2D eigenvalue weighted by Crippen LogP contribution is -2.22. The largest absolute Gasteiger partial charge is 0.465 e. The Labute approximate surface area is 124 Å². The lowest BCUT2D eigenvalue weighted by Gasteiger charge is -2.10. The van der Waals surface area contributed by atoms with Crippen molar-refractivity contribution >= 4 is 29.2 Å². The van der Waals surface area contributed by atoms with E-state index in [0.29, 0.717) is 5.02 Å². The number of amides is 1. The number of esters is 1. The highest BCUT2D eigenvalue weighted by atomic mass is 35.5. The molecular weight excluding hydrogens is 296 g/mol. The van der Waals surface area contributed by atoms with E-state index in [-0.39, 0.29) is 16.8 Å². The smallest absolute Gasteiger partial charge is 0.339 e. The summed E-state index contributed by atoms with van der Waals surface area (Å²) in [5, 5.41) is 2.81. The lowest BCUT2D eigenvalue weighted by molar-refractivity contribution is 0.0602. The van der Waals surface area contributed by atoms with Gasteiger partial charge in [-0.25, -0.2) is 4.79 Å². The highest BCUT2D eigenvalue weighted by Crippen LogP contribution is 2.22. The molecule has 0 aliphatic carbocycles. The molecule has 0 aliphatic rings. The maximum absolute atomic E-state index is 12.1. The van der Waals surface area contributed by atoms with Gasteiger partial charge in [-0.05, 0) is 18.2 Å². The zero-order chi connectivity index (χ0) is 15.4. The van der Waals surface area contributed by atoms with Gasteiger partial charge in [-0.15, -0.1) is 0 Å². The third kappa shape index (κ3) is 3.29. The fraction of sp³-hybridized carbons (Fsp3) is 0.0714. The Balaban J connectivity index is 2.37. The second-order valence-electron chi connectivity index (χ2n) is 4.06. The van der Waals surface area contributed by atoms with E-state index in [1.54, 1.807) is 0 Å². The Hall–Kier alpha value is -2.60. The predicted molar refractivity (Wildman–Crippen MR) is 77.8 cm³/mol. The van der Waals surface area contributed by atoms with Crippen LogP contribution in [0.1, 0.15) is 20.7 Å². The van der Waals surface area contributed by atoms with Gasteiger partial charge in [0.15, 0.2) is 5.43 Å². The second-order valence-corrected chi connectivity index (χ2v) is 4.49. The fourth-order valence-electron chi connectivity index (χ4n) is 1.69. The first kappa shape index (κ1) is 14.8. The Morgan fingerprint density at radius 2 is 2.00 bits per heavy atom. The summed E-state index contributed by atoms with van der Waals surface area (Å²) in [4.78, 5) is 38.0. The van der Waals surface area contributed by atoms with E-state index in [9.17, 15) is 14.4 Å². The van der Waals surface area contributed by atoms with E-state index >= 15 is 0 Å². The molecule has 2 N–H and O–H groups in total. The van der Waals surface area contributed by atoms with Crippen molar-refractivity contribution in [3.8, 4) is 0 Å². The molecular formula is C14H11ClN2O4. The molecule has 1 amide bonds. The van der Waals surface area contributed by atoms with Crippen LogP contribution in [0, 0.1) is 0 Å². The Kier molecular flexibility index (Phi) is 4.39. The first-order chi connectivity index (χ1) is 10.0. The molecule has 0 radical (unpaired) electrons. The van der Waals surface area contributed by atoms with Crippen LogP contribution in [0.4, 0.5) is 5.69 Å². The number of anilines is 1. The van der Waals surface area contributed by atoms with E-state index in [2.05, 4.69) is 15.0 Å². The van der Waals surface area contributed by atoms with Crippen LogP contribution in [0.3, 0.4) is 0 Å². The molecule has 2 rings (SSSR count). The van der Waals surface area contributed by atoms with Crippen molar-refractivity contribution in [1.82, 2.24) is 4.98 Å². The number of rotatable bonds is 3. The zero-order valence-corrected chi connectivity index (χ0v) is 11.7. The van der Waals surface area contributed by atoms with Crippen molar-refractivity contribution in [3.63, 3.8) is 0 Å². The van der Waals surface area contributed by atoms with Crippen molar-refractivity contribution in [1.29, 1.82) is 0 Å². The number of hydrogen-bond acceptors (Lipinski definition) is 4. The van der Waals surface area contributed by atoms with E-state index in [0.717, 1.165) is 0 Å². The van der Waals surface area contributed by atoms with Crippen LogP contribution in [-0.4, -0.2) is 24.0 Å². The lowest BCUT2D eigenvalue weighted by atomic mass is 10.1. The number of methoxy groups -OCH3 is 1. The minimum atomic E-state index is -0.649. The second kappa shape index (κ2) is 6.23. The third-order valence-electron chi connectivity index (χ3n) is 2.70. The van der Waals surface area contributed by atoms with Gasteiger partial charge in [0.2, 0.25) is 0 Å². The van der Waals surface area contributed by atoms with Crippen LogP contribution in [-0.2, 0) is 4.74 Å². The summed E-state index contributed by atoms with van der Waals surface area (Å²) in [5.41, 5.74) is -0.202. The topological polar surface area (TPSA) is 88.3 Å². The SMILES string of the molecule is COC(=O)c1ccc(Cl)cc1NC(=O)c1c[nH]ccc1=O. The maximum atomic E-state index is 12.1. The molecule has 1 heterocycles. The molecule has 0 saturated carbocycles. The summed E-state index contributed by atoms with van der Waals surface area (Å²) < 4.78 is 4.63. The molecule has 1 aromatic carbocycles. The quantitative estimate of drug-likeness (QED) is 0.850. The van der Waals surface area contributed by atoms with Crippen molar-refractivity contribution in [2.45, 2.75) is 0 Å². The van der Waals surface area contributed by atoms with Crippen molar-refractivity contribution in [3.05, 3.63) is 63.0 Å². The van der Waals surface area contributed by atoms with E-state index in [4.69, 9.17) is 11.6 Å². The Morgan fingerprint density at radius 3 is 2.67 bits per heavy atom. The highest BCUT2D eigenvalue weighted by Gasteiger charge is 2.16. The van der Waals surface area contributed by atoms with Crippen LogP contribution >= 0.6 is 11.6 Å². The first-order valence-corrected chi connectivity index (χ1v) is 6.27. The molecule has 0 bridgehead atoms. The summed E-state index contributed by atoms with van der Waals surface area (Å²) in [5.74, 6) is -1.27. The number of halogens is 1. The van der Waals surface area contributed by atoms with E-state index < -0.39 is 17.3 Å². The molecule has 7 heteroatoms. The standard InChI is InChI=1S/C14H11ClN2O4/c1-21-14(20)9-3-2-8(15)6-11(9)17-13(19)10-7-16-5-4-12(10)18/h2-7H,1H3,(H,16,18)(H,17,19). The van der Waals surface area contributed by atoms with Crippen molar-refractivity contribution in [2.24, 2.45) is 0 Å². The molecule has 0 saturated heterocycles.